The largest absolute Gasteiger partial charge is 0.490 e. The van der Waals surface area contributed by atoms with Crippen molar-refractivity contribution in [1.82, 2.24) is 14.8 Å². The average Bonchev–Trinajstić information content (AvgIpc) is 3.48. The number of nitrogens with zero attached hydrogens (tertiary/aromatic N) is 3. The van der Waals surface area contributed by atoms with E-state index in [1.807, 2.05) is 6.07 Å². The van der Waals surface area contributed by atoms with E-state index in [0.717, 1.165) is 38.1 Å². The molecule has 15 heteroatoms. The second-order valence-corrected chi connectivity index (χ2v) is 8.74. The van der Waals surface area contributed by atoms with E-state index in [4.69, 9.17) is 29.3 Å². The fraction of sp³-hybridized carbons (Fsp3) is 0.682. The van der Waals surface area contributed by atoms with Gasteiger partial charge in [0.05, 0.1) is 20.3 Å². The monoisotopic (exact) mass is 545 g/mol. The molecule has 2 N–H and O–H groups in total. The van der Waals surface area contributed by atoms with Crippen molar-refractivity contribution in [2.24, 2.45) is 11.8 Å². The maximum absolute atomic E-state index is 10.6. The van der Waals surface area contributed by atoms with Gasteiger partial charge in [-0.3, -0.25) is 9.80 Å². The number of carboxylic acid groups (broad SMARTS) is 2. The molecule has 3 aliphatic heterocycles. The van der Waals surface area contributed by atoms with Crippen LogP contribution in [-0.4, -0.2) is 102 Å². The Labute approximate surface area is 209 Å². The van der Waals surface area contributed by atoms with E-state index in [0.29, 0.717) is 12.0 Å². The van der Waals surface area contributed by atoms with Gasteiger partial charge in [0.25, 0.3) is 0 Å². The number of aromatic nitrogens is 1. The third-order valence-corrected chi connectivity index (χ3v) is 6.21. The van der Waals surface area contributed by atoms with Crippen molar-refractivity contribution in [2.45, 2.75) is 37.8 Å². The lowest BCUT2D eigenvalue weighted by molar-refractivity contribution is -0.193. The summed E-state index contributed by atoms with van der Waals surface area (Å²) in [7, 11) is 1.70. The Morgan fingerprint density at radius 3 is 2.14 bits per heavy atom. The smallest absolute Gasteiger partial charge is 0.481 e. The lowest BCUT2D eigenvalue weighted by atomic mass is 9.87. The number of likely N-dealkylation sites (tertiary alicyclic amines) is 2. The summed E-state index contributed by atoms with van der Waals surface area (Å²) in [5, 5.41) is 14.2. The number of pyridine rings is 1. The third-order valence-electron chi connectivity index (χ3n) is 6.21. The highest BCUT2D eigenvalue weighted by Gasteiger charge is 2.43. The zero-order valence-electron chi connectivity index (χ0n) is 20.0. The lowest BCUT2D eigenvalue weighted by Crippen LogP contribution is -2.49. The summed E-state index contributed by atoms with van der Waals surface area (Å²) in [5.74, 6) is -3.32. The number of alkyl halides is 6. The van der Waals surface area contributed by atoms with E-state index in [1.54, 1.807) is 13.3 Å². The highest BCUT2D eigenvalue weighted by molar-refractivity contribution is 5.73. The summed E-state index contributed by atoms with van der Waals surface area (Å²) in [6.07, 6.45) is -5.67. The Hall–Kier alpha value is -2.65. The van der Waals surface area contributed by atoms with Crippen molar-refractivity contribution in [1.29, 1.82) is 0 Å². The second-order valence-electron chi connectivity index (χ2n) is 8.74. The molecule has 9 nitrogen and oxygen atoms in total. The number of halogens is 6. The Bertz CT molecular complexity index is 870. The van der Waals surface area contributed by atoms with Gasteiger partial charge in [-0.25, -0.2) is 14.6 Å². The summed E-state index contributed by atoms with van der Waals surface area (Å²) < 4.78 is 74.8. The first-order chi connectivity index (χ1) is 17.2. The van der Waals surface area contributed by atoms with Gasteiger partial charge in [0.2, 0.25) is 5.88 Å². The molecule has 3 aliphatic rings. The van der Waals surface area contributed by atoms with Gasteiger partial charge in [-0.2, -0.15) is 26.3 Å². The first kappa shape index (κ1) is 30.6. The number of rotatable bonds is 4. The fourth-order valence-corrected chi connectivity index (χ4v) is 4.61. The average molecular weight is 545 g/mol. The van der Waals surface area contributed by atoms with Crippen LogP contribution in [0.4, 0.5) is 26.3 Å². The van der Waals surface area contributed by atoms with Gasteiger partial charge in [-0.15, -0.1) is 0 Å². The van der Waals surface area contributed by atoms with Gasteiger partial charge in [0.15, 0.2) is 0 Å². The highest BCUT2D eigenvalue weighted by Crippen LogP contribution is 2.35. The summed E-state index contributed by atoms with van der Waals surface area (Å²) in [6, 6.07) is 4.75. The number of aliphatic carboxylic acids is 2. The van der Waals surface area contributed by atoms with E-state index in [9.17, 15) is 26.3 Å². The Morgan fingerprint density at radius 2 is 1.62 bits per heavy atom. The topological polar surface area (TPSA) is 112 Å². The van der Waals surface area contributed by atoms with Gasteiger partial charge in [-0.1, -0.05) is 6.07 Å². The lowest BCUT2D eigenvalue weighted by Gasteiger charge is -2.38. The van der Waals surface area contributed by atoms with Crippen LogP contribution in [0.25, 0.3) is 0 Å². The summed E-state index contributed by atoms with van der Waals surface area (Å²) in [4.78, 5) is 27.4. The SMILES string of the molecule is COc1ncccc1CN1C[C@@H]2COC[C@@H](N3CCCC3)[C@@H]2C1.O=C(O)C(F)(F)F.O=C(O)C(F)(F)F. The van der Waals surface area contributed by atoms with Gasteiger partial charge in [0, 0.05) is 43.4 Å². The molecule has 0 saturated carbocycles. The molecule has 0 aliphatic carbocycles. The standard InChI is InChI=1S/C18H27N3O2.2C2HF3O2/c1-22-18-14(5-4-6-19-18)9-20-10-15-12-23-13-17(16(15)11-20)21-7-2-3-8-21;2*3-2(4,5)1(6)7/h4-6,15-17H,2-3,7-13H2,1H3;2*(H,6,7)/t15-,16-,17-;;/m1../s1. The van der Waals surface area contributed by atoms with Crippen LogP contribution in [-0.2, 0) is 20.9 Å². The zero-order chi connectivity index (χ0) is 27.8. The van der Waals surface area contributed by atoms with E-state index >= 15 is 0 Å². The van der Waals surface area contributed by atoms with Crippen molar-refractivity contribution in [3.63, 3.8) is 0 Å². The van der Waals surface area contributed by atoms with Crippen LogP contribution in [0, 0.1) is 11.8 Å². The van der Waals surface area contributed by atoms with Crippen LogP contribution < -0.4 is 4.74 Å². The summed E-state index contributed by atoms with van der Waals surface area (Å²) in [5.41, 5.74) is 1.19. The molecule has 0 aromatic carbocycles. The fourth-order valence-electron chi connectivity index (χ4n) is 4.61. The van der Waals surface area contributed by atoms with Crippen molar-refractivity contribution in [2.75, 3.05) is 46.5 Å². The molecule has 0 unspecified atom stereocenters. The molecule has 0 spiro atoms. The first-order valence-electron chi connectivity index (χ1n) is 11.4. The Kier molecular flexibility index (Phi) is 10.9. The van der Waals surface area contributed by atoms with Crippen LogP contribution in [0.15, 0.2) is 18.3 Å². The van der Waals surface area contributed by atoms with Crippen molar-refractivity contribution in [3.05, 3.63) is 23.9 Å². The predicted octanol–water partition coefficient (Wildman–Crippen LogP) is 2.90. The number of carbonyl (C=O) groups is 2. The van der Waals surface area contributed by atoms with Crippen LogP contribution in [0.3, 0.4) is 0 Å². The number of ether oxygens (including phenoxy) is 2. The van der Waals surface area contributed by atoms with Crippen LogP contribution >= 0.6 is 0 Å². The molecule has 3 atom stereocenters. The number of methoxy groups -OCH3 is 1. The first-order valence-corrected chi connectivity index (χ1v) is 11.4. The predicted molar refractivity (Wildman–Crippen MR) is 116 cm³/mol. The van der Waals surface area contributed by atoms with E-state index < -0.39 is 24.3 Å². The third kappa shape index (κ3) is 9.31. The van der Waals surface area contributed by atoms with E-state index in [2.05, 4.69) is 20.9 Å². The molecular weight excluding hydrogens is 516 g/mol. The number of hydrogen-bond acceptors (Lipinski definition) is 7. The Balaban J connectivity index is 0.000000286. The maximum Gasteiger partial charge on any atom is 0.490 e. The molecule has 1 aromatic rings. The second kappa shape index (κ2) is 13.2. The minimum absolute atomic E-state index is 0.622. The molecule has 37 heavy (non-hydrogen) atoms. The van der Waals surface area contributed by atoms with Crippen molar-refractivity contribution < 1.29 is 55.6 Å². The minimum Gasteiger partial charge on any atom is -0.481 e. The van der Waals surface area contributed by atoms with E-state index in [1.165, 1.54) is 38.0 Å². The van der Waals surface area contributed by atoms with Gasteiger partial charge >= 0.3 is 24.3 Å². The molecule has 0 amide bonds. The summed E-state index contributed by atoms with van der Waals surface area (Å²) >= 11 is 0. The van der Waals surface area contributed by atoms with Crippen LogP contribution in [0.2, 0.25) is 0 Å². The molecule has 0 bridgehead atoms. The number of fused-ring (bicyclic) bond motifs is 1. The molecular formula is C22H29F6N3O6. The number of carboxylic acids is 2. The molecule has 1 aromatic heterocycles. The van der Waals surface area contributed by atoms with Crippen molar-refractivity contribution >= 4 is 11.9 Å². The quantitative estimate of drug-likeness (QED) is 0.552. The van der Waals surface area contributed by atoms with Gasteiger partial charge < -0.3 is 19.7 Å². The molecule has 0 radical (unpaired) electrons. The molecule has 3 fully saturated rings. The Morgan fingerprint density at radius 1 is 1.05 bits per heavy atom. The van der Waals surface area contributed by atoms with Crippen molar-refractivity contribution in [3.8, 4) is 5.88 Å². The highest BCUT2D eigenvalue weighted by atomic mass is 19.4. The molecule has 210 valence electrons. The van der Waals surface area contributed by atoms with Crippen LogP contribution in [0.5, 0.6) is 5.88 Å². The van der Waals surface area contributed by atoms with E-state index in [-0.39, 0.29) is 0 Å². The van der Waals surface area contributed by atoms with Gasteiger partial charge in [0.1, 0.15) is 0 Å². The zero-order valence-corrected chi connectivity index (χ0v) is 20.0. The normalized spacial score (nSPS) is 24.2. The minimum atomic E-state index is -5.08. The molecule has 3 saturated heterocycles. The van der Waals surface area contributed by atoms with Crippen LogP contribution in [0.1, 0.15) is 18.4 Å². The maximum atomic E-state index is 10.6. The molecule has 4 heterocycles. The number of hydrogen-bond donors (Lipinski definition) is 2. The van der Waals surface area contributed by atoms with Gasteiger partial charge in [-0.05, 0) is 37.9 Å². The summed E-state index contributed by atoms with van der Waals surface area (Å²) in [6.45, 7) is 7.60. The molecule has 4 rings (SSSR count).